The summed E-state index contributed by atoms with van der Waals surface area (Å²) in [6.07, 6.45) is 16.4. The van der Waals surface area contributed by atoms with Crippen molar-refractivity contribution in [2.45, 2.75) is 22.3 Å². The Balaban J connectivity index is 1.79. The van der Waals surface area contributed by atoms with E-state index in [0.717, 1.165) is 12.8 Å². The quantitative estimate of drug-likeness (QED) is 0.536. The van der Waals surface area contributed by atoms with Gasteiger partial charge < -0.3 is 0 Å². The number of hydrogen-bond donors (Lipinski definition) is 0. The topological polar surface area (TPSA) is 0 Å². The van der Waals surface area contributed by atoms with Crippen LogP contribution in [0.25, 0.3) is 0 Å². The molecule has 0 spiro atoms. The van der Waals surface area contributed by atoms with Crippen LogP contribution in [0, 0.1) is 0 Å². The molecule has 0 unspecified atom stereocenters. The van der Waals surface area contributed by atoms with Crippen LogP contribution in [-0.4, -0.2) is 0 Å². The van der Waals surface area contributed by atoms with Gasteiger partial charge in [-0.3, -0.25) is 0 Å². The first kappa shape index (κ1) is 16.6. The molecular weight excluding hydrogens is 336 g/mol. The van der Waals surface area contributed by atoms with Crippen LogP contribution >= 0.6 is 0 Å². The average Bonchev–Trinajstić information content (AvgIpc) is 3.37. The summed E-state index contributed by atoms with van der Waals surface area (Å²) < 4.78 is 5.97. The second-order valence-corrected chi connectivity index (χ2v) is 13.5. The molecule has 0 fully saturated rings. The zero-order chi connectivity index (χ0) is 17.0. The molecule has 2 aliphatic carbocycles. The maximum absolute atomic E-state index is 2.47. The Kier molecular flexibility index (Phi) is 5.01. The molecule has 0 atom stereocenters. The Morgan fingerprint density at radius 1 is 0.600 bits per heavy atom. The predicted molar refractivity (Wildman–Crippen MR) is 104 cm³/mol. The van der Waals surface area contributed by atoms with Gasteiger partial charge in [-0.1, -0.05) is 0 Å². The molecule has 2 aliphatic rings. The normalized spacial score (nSPS) is 16.2. The molecule has 1 heteroatoms. The fraction of sp³-hybridized carbons (Fsp3) is 0.167. The molecule has 0 amide bonds. The SMILES string of the molecule is C1=CC[C]([Ti]([CH2]c2ccccc2)([CH2]c2ccccc2)[C]2=CC=CC2)=C1. The monoisotopic (exact) mass is 360 g/mol. The Morgan fingerprint density at radius 2 is 1.04 bits per heavy atom. The number of allylic oxidation sites excluding steroid dienone is 8. The van der Waals surface area contributed by atoms with E-state index in [-0.39, 0.29) is 0 Å². The summed E-state index contributed by atoms with van der Waals surface area (Å²) in [4.78, 5) is 0. The fourth-order valence-electron chi connectivity index (χ4n) is 4.22. The first-order valence-corrected chi connectivity index (χ1v) is 12.9. The van der Waals surface area contributed by atoms with Gasteiger partial charge >= 0.3 is 155 Å². The first-order chi connectivity index (χ1) is 12.4. The summed E-state index contributed by atoms with van der Waals surface area (Å²) in [7, 11) is 0. The number of benzene rings is 2. The van der Waals surface area contributed by atoms with E-state index in [9.17, 15) is 0 Å². The van der Waals surface area contributed by atoms with Crippen LogP contribution in [0.15, 0.2) is 105 Å². The van der Waals surface area contributed by atoms with Crippen molar-refractivity contribution in [3.05, 3.63) is 116 Å². The van der Waals surface area contributed by atoms with Crippen LogP contribution in [0.1, 0.15) is 24.0 Å². The predicted octanol–water partition coefficient (Wildman–Crippen LogP) is 6.23. The van der Waals surface area contributed by atoms with Gasteiger partial charge in [0.2, 0.25) is 0 Å². The summed E-state index contributed by atoms with van der Waals surface area (Å²) >= 11 is -2.47. The Morgan fingerprint density at radius 3 is 1.40 bits per heavy atom. The molecule has 0 bridgehead atoms. The fourth-order valence-corrected chi connectivity index (χ4v) is 12.3. The zero-order valence-electron chi connectivity index (χ0n) is 14.6. The van der Waals surface area contributed by atoms with Crippen molar-refractivity contribution in [2.75, 3.05) is 0 Å². The van der Waals surface area contributed by atoms with Gasteiger partial charge in [-0.2, -0.15) is 0 Å². The van der Waals surface area contributed by atoms with E-state index in [2.05, 4.69) is 97.1 Å². The van der Waals surface area contributed by atoms with Gasteiger partial charge in [0.15, 0.2) is 0 Å². The molecule has 0 aliphatic heterocycles. The molecule has 0 saturated heterocycles. The average molecular weight is 360 g/mol. The molecular formula is C24H24Ti. The first-order valence-electron chi connectivity index (χ1n) is 9.17. The van der Waals surface area contributed by atoms with E-state index in [1.807, 2.05) is 0 Å². The molecule has 25 heavy (non-hydrogen) atoms. The van der Waals surface area contributed by atoms with E-state index in [4.69, 9.17) is 0 Å². The molecule has 0 nitrogen and oxygen atoms in total. The number of hydrogen-bond acceptors (Lipinski definition) is 0. The van der Waals surface area contributed by atoms with Crippen molar-refractivity contribution < 1.29 is 16.6 Å². The minimum atomic E-state index is -2.47. The minimum absolute atomic E-state index is 1.15. The zero-order valence-corrected chi connectivity index (χ0v) is 16.1. The molecule has 0 heterocycles. The van der Waals surface area contributed by atoms with Crippen molar-refractivity contribution in [1.82, 2.24) is 0 Å². The molecule has 0 saturated carbocycles. The second-order valence-electron chi connectivity index (χ2n) is 7.06. The summed E-state index contributed by atoms with van der Waals surface area (Å²) in [5.41, 5.74) is 3.00. The van der Waals surface area contributed by atoms with Crippen LogP contribution < -0.4 is 0 Å². The van der Waals surface area contributed by atoms with Crippen molar-refractivity contribution in [3.8, 4) is 0 Å². The van der Waals surface area contributed by atoms with Crippen LogP contribution in [0.2, 0.25) is 0 Å². The molecule has 0 N–H and O–H groups in total. The van der Waals surface area contributed by atoms with Crippen molar-refractivity contribution in [3.63, 3.8) is 0 Å². The maximum atomic E-state index is 2.44. The van der Waals surface area contributed by atoms with Gasteiger partial charge in [0.25, 0.3) is 0 Å². The summed E-state index contributed by atoms with van der Waals surface area (Å²) in [6.45, 7) is 0. The van der Waals surface area contributed by atoms with E-state index in [1.54, 1.807) is 7.76 Å². The number of rotatable bonds is 6. The standard InChI is InChI=1S/2C7H7.2C5H5.Ti/c2*1-7-5-3-2-4-6-7;2*1-2-4-5-3-1;/h2*2-6H,1H2;2*1-3H,4H2;. The molecule has 2 aromatic rings. The third-order valence-electron chi connectivity index (χ3n) is 5.47. The molecule has 0 radical (unpaired) electrons. The molecule has 2 aromatic carbocycles. The second kappa shape index (κ2) is 7.56. The summed E-state index contributed by atoms with van der Waals surface area (Å²) in [6, 6.07) is 22.3. The van der Waals surface area contributed by atoms with E-state index >= 15 is 0 Å². The van der Waals surface area contributed by atoms with Gasteiger partial charge in [0.1, 0.15) is 0 Å². The molecule has 0 aromatic heterocycles. The van der Waals surface area contributed by atoms with E-state index in [1.165, 1.54) is 20.6 Å². The van der Waals surface area contributed by atoms with Crippen LogP contribution in [0.3, 0.4) is 0 Å². The third kappa shape index (κ3) is 3.56. The summed E-state index contributed by atoms with van der Waals surface area (Å²) in [5.74, 6) is 0. The van der Waals surface area contributed by atoms with E-state index < -0.39 is 16.6 Å². The van der Waals surface area contributed by atoms with Gasteiger partial charge in [0, 0.05) is 0 Å². The van der Waals surface area contributed by atoms with Crippen molar-refractivity contribution in [2.24, 2.45) is 0 Å². The van der Waals surface area contributed by atoms with Gasteiger partial charge in [-0.15, -0.1) is 0 Å². The van der Waals surface area contributed by atoms with Crippen molar-refractivity contribution >= 4 is 0 Å². The van der Waals surface area contributed by atoms with E-state index in [0.29, 0.717) is 0 Å². The molecule has 124 valence electrons. The van der Waals surface area contributed by atoms with Crippen LogP contribution in [0.5, 0.6) is 0 Å². The molecule has 4 rings (SSSR count). The van der Waals surface area contributed by atoms with Crippen LogP contribution in [0.4, 0.5) is 0 Å². The Hall–Kier alpha value is -1.89. The summed E-state index contributed by atoms with van der Waals surface area (Å²) in [5, 5.41) is 0. The Labute approximate surface area is 154 Å². The van der Waals surface area contributed by atoms with Gasteiger partial charge in [-0.05, 0) is 0 Å². The third-order valence-corrected chi connectivity index (χ3v) is 13.6. The Bertz CT molecular complexity index is 765. The van der Waals surface area contributed by atoms with Gasteiger partial charge in [-0.25, -0.2) is 0 Å². The van der Waals surface area contributed by atoms with Gasteiger partial charge in [0.05, 0.1) is 0 Å². The van der Waals surface area contributed by atoms with Crippen molar-refractivity contribution in [1.29, 1.82) is 0 Å². The van der Waals surface area contributed by atoms with Crippen LogP contribution in [-0.2, 0) is 26.0 Å².